The van der Waals surface area contributed by atoms with Gasteiger partial charge in [0.15, 0.2) is 0 Å². The molecule has 4 rings (SSSR count). The minimum atomic E-state index is 0.0542. The van der Waals surface area contributed by atoms with Crippen molar-refractivity contribution in [1.82, 2.24) is 9.80 Å². The number of likely N-dealkylation sites (tertiary alicyclic amines) is 2. The van der Waals surface area contributed by atoms with Crippen LogP contribution in [0.2, 0.25) is 0 Å². The van der Waals surface area contributed by atoms with Crippen LogP contribution in [0.15, 0.2) is 48.5 Å². The van der Waals surface area contributed by atoms with Crippen LogP contribution in [0.5, 0.6) is 5.75 Å². The van der Waals surface area contributed by atoms with E-state index in [1.165, 1.54) is 17.5 Å². The molecule has 2 heterocycles. The summed E-state index contributed by atoms with van der Waals surface area (Å²) in [4.78, 5) is 17.5. The molecule has 1 amide bonds. The predicted molar refractivity (Wildman–Crippen MR) is 112 cm³/mol. The Morgan fingerprint density at radius 3 is 2.50 bits per heavy atom. The Labute approximate surface area is 168 Å². The highest BCUT2D eigenvalue weighted by molar-refractivity contribution is 5.82. The number of hydrogen-bond acceptors (Lipinski definition) is 3. The van der Waals surface area contributed by atoms with Crippen molar-refractivity contribution in [1.29, 1.82) is 0 Å². The highest BCUT2D eigenvalue weighted by atomic mass is 16.5. The van der Waals surface area contributed by atoms with Gasteiger partial charge in [0.2, 0.25) is 5.91 Å². The maximum atomic E-state index is 13.0. The average molecular weight is 379 g/mol. The van der Waals surface area contributed by atoms with Gasteiger partial charge in [0.05, 0.1) is 13.2 Å². The zero-order valence-electron chi connectivity index (χ0n) is 16.8. The fourth-order valence-electron chi connectivity index (χ4n) is 4.51. The quantitative estimate of drug-likeness (QED) is 0.776. The molecule has 148 valence electrons. The van der Waals surface area contributed by atoms with Gasteiger partial charge < -0.3 is 9.64 Å². The highest BCUT2D eigenvalue weighted by Crippen LogP contribution is 2.27. The van der Waals surface area contributed by atoms with Gasteiger partial charge in [0.25, 0.3) is 0 Å². The van der Waals surface area contributed by atoms with Gasteiger partial charge in [-0.25, -0.2) is 0 Å². The van der Waals surface area contributed by atoms with E-state index in [0.717, 1.165) is 63.2 Å². The first kappa shape index (κ1) is 19.0. The molecule has 28 heavy (non-hydrogen) atoms. The Morgan fingerprint density at radius 2 is 1.71 bits per heavy atom. The number of carbonyl (C=O) groups excluding carboxylic acids is 1. The van der Waals surface area contributed by atoms with Crippen molar-refractivity contribution >= 4 is 5.91 Å². The van der Waals surface area contributed by atoms with E-state index in [2.05, 4.69) is 46.2 Å². The molecule has 0 spiro atoms. The van der Waals surface area contributed by atoms with Crippen LogP contribution in [0.3, 0.4) is 0 Å². The van der Waals surface area contributed by atoms with E-state index >= 15 is 0 Å². The lowest BCUT2D eigenvalue weighted by atomic mass is 10.0. The summed E-state index contributed by atoms with van der Waals surface area (Å²) in [5, 5.41) is 0. The zero-order chi connectivity index (χ0) is 19.3. The Kier molecular flexibility index (Phi) is 5.96. The van der Waals surface area contributed by atoms with E-state index in [0.29, 0.717) is 5.91 Å². The summed E-state index contributed by atoms with van der Waals surface area (Å²) in [6, 6.07) is 16.9. The van der Waals surface area contributed by atoms with E-state index in [-0.39, 0.29) is 6.04 Å². The molecule has 0 saturated carbocycles. The minimum absolute atomic E-state index is 0.0542. The Hall–Kier alpha value is -2.33. The van der Waals surface area contributed by atoms with Crippen molar-refractivity contribution < 1.29 is 9.53 Å². The van der Waals surface area contributed by atoms with Gasteiger partial charge in [-0.1, -0.05) is 30.3 Å². The summed E-state index contributed by atoms with van der Waals surface area (Å²) in [6.07, 6.45) is 5.67. The van der Waals surface area contributed by atoms with Crippen molar-refractivity contribution in [3.05, 3.63) is 54.1 Å². The predicted octanol–water partition coefficient (Wildman–Crippen LogP) is 4.34. The first-order valence-corrected chi connectivity index (χ1v) is 10.5. The summed E-state index contributed by atoms with van der Waals surface area (Å²) >= 11 is 0. The first-order chi connectivity index (χ1) is 13.7. The topological polar surface area (TPSA) is 32.8 Å². The van der Waals surface area contributed by atoms with Crippen molar-refractivity contribution in [2.45, 2.75) is 44.7 Å². The van der Waals surface area contributed by atoms with E-state index in [1.54, 1.807) is 7.11 Å². The molecule has 1 unspecified atom stereocenters. The molecule has 4 heteroatoms. The van der Waals surface area contributed by atoms with Crippen LogP contribution in [0.4, 0.5) is 0 Å². The van der Waals surface area contributed by atoms with Crippen LogP contribution < -0.4 is 4.74 Å². The van der Waals surface area contributed by atoms with E-state index in [9.17, 15) is 4.79 Å². The van der Waals surface area contributed by atoms with Crippen LogP contribution in [-0.4, -0.2) is 48.5 Å². The van der Waals surface area contributed by atoms with E-state index in [1.807, 2.05) is 12.1 Å². The summed E-state index contributed by atoms with van der Waals surface area (Å²) in [5.74, 6) is 1.22. The van der Waals surface area contributed by atoms with Gasteiger partial charge in [0.1, 0.15) is 5.75 Å². The lowest BCUT2D eigenvalue weighted by Gasteiger charge is -2.32. The van der Waals surface area contributed by atoms with E-state index < -0.39 is 0 Å². The molecule has 2 aliphatic heterocycles. The lowest BCUT2D eigenvalue weighted by molar-refractivity contribution is -0.137. The van der Waals surface area contributed by atoms with E-state index in [4.69, 9.17) is 4.74 Å². The zero-order valence-corrected chi connectivity index (χ0v) is 16.8. The number of benzene rings is 2. The number of amides is 1. The molecule has 0 aromatic heterocycles. The maximum absolute atomic E-state index is 13.0. The fourth-order valence-corrected chi connectivity index (χ4v) is 4.51. The third kappa shape index (κ3) is 4.22. The number of ether oxygens (including phenoxy) is 1. The third-order valence-electron chi connectivity index (χ3n) is 6.03. The summed E-state index contributed by atoms with van der Waals surface area (Å²) in [5.41, 5.74) is 3.61. The number of carbonyl (C=O) groups is 1. The second-order valence-electron chi connectivity index (χ2n) is 7.95. The fraction of sp³-hybridized carbons (Fsp3) is 0.458. The Bertz CT molecular complexity index is 814. The molecular formula is C24H30N2O2. The first-order valence-electron chi connectivity index (χ1n) is 10.5. The Balaban J connectivity index is 1.48. The average Bonchev–Trinajstić information content (AvgIpc) is 3.22. The van der Waals surface area contributed by atoms with Crippen molar-refractivity contribution in [2.24, 2.45) is 0 Å². The van der Waals surface area contributed by atoms with Gasteiger partial charge in [-0.2, -0.15) is 0 Å². The molecular weight excluding hydrogens is 348 g/mol. The minimum Gasteiger partial charge on any atom is -0.497 e. The molecule has 0 radical (unpaired) electrons. The largest absolute Gasteiger partial charge is 0.497 e. The molecule has 2 aromatic carbocycles. The standard InChI is InChI=1S/C24H30N2O2/c1-28-22-11-6-10-21(17-22)20-9-5-8-19(16-20)18-26-15-7-12-23(26)24(27)25-13-3-2-4-14-25/h5-6,8-11,16-17,23H,2-4,7,12-15,18H2,1H3. The van der Waals surface area contributed by atoms with Crippen LogP contribution in [0, 0.1) is 0 Å². The number of nitrogens with zero attached hydrogens (tertiary/aromatic N) is 2. The number of hydrogen-bond donors (Lipinski definition) is 0. The lowest BCUT2D eigenvalue weighted by Crippen LogP contribution is -2.47. The molecule has 2 aliphatic rings. The van der Waals surface area contributed by atoms with Crippen molar-refractivity contribution in [3.63, 3.8) is 0 Å². The number of methoxy groups -OCH3 is 1. The summed E-state index contributed by atoms with van der Waals surface area (Å²) in [6.45, 7) is 3.72. The Morgan fingerprint density at radius 1 is 0.964 bits per heavy atom. The maximum Gasteiger partial charge on any atom is 0.239 e. The second-order valence-corrected chi connectivity index (χ2v) is 7.95. The van der Waals surface area contributed by atoms with Gasteiger partial charge in [-0.3, -0.25) is 9.69 Å². The van der Waals surface area contributed by atoms with Gasteiger partial charge >= 0.3 is 0 Å². The normalized spacial score (nSPS) is 20.3. The van der Waals surface area contributed by atoms with Gasteiger partial charge in [-0.05, 0) is 73.5 Å². The van der Waals surface area contributed by atoms with Gasteiger partial charge in [-0.15, -0.1) is 0 Å². The third-order valence-corrected chi connectivity index (χ3v) is 6.03. The van der Waals surface area contributed by atoms with Crippen LogP contribution >= 0.6 is 0 Å². The molecule has 2 saturated heterocycles. The monoisotopic (exact) mass is 378 g/mol. The second kappa shape index (κ2) is 8.78. The molecule has 2 aromatic rings. The highest BCUT2D eigenvalue weighted by Gasteiger charge is 2.33. The molecule has 1 atom stereocenters. The molecule has 0 bridgehead atoms. The van der Waals surface area contributed by atoms with Crippen LogP contribution in [-0.2, 0) is 11.3 Å². The molecule has 2 fully saturated rings. The van der Waals surface area contributed by atoms with Crippen LogP contribution in [0.25, 0.3) is 11.1 Å². The van der Waals surface area contributed by atoms with Crippen molar-refractivity contribution in [3.8, 4) is 16.9 Å². The SMILES string of the molecule is COc1cccc(-c2cccc(CN3CCCC3C(=O)N3CCCCC3)c2)c1. The summed E-state index contributed by atoms with van der Waals surface area (Å²) in [7, 11) is 1.70. The molecule has 0 N–H and O–H groups in total. The molecule has 0 aliphatic carbocycles. The van der Waals surface area contributed by atoms with Crippen LogP contribution in [0.1, 0.15) is 37.7 Å². The van der Waals surface area contributed by atoms with Crippen molar-refractivity contribution in [2.75, 3.05) is 26.7 Å². The number of piperidine rings is 1. The number of rotatable bonds is 5. The van der Waals surface area contributed by atoms with Gasteiger partial charge in [0, 0.05) is 19.6 Å². The molecule has 4 nitrogen and oxygen atoms in total. The smallest absolute Gasteiger partial charge is 0.239 e. The summed E-state index contributed by atoms with van der Waals surface area (Å²) < 4.78 is 5.36.